The lowest BCUT2D eigenvalue weighted by atomic mass is 9.81. The zero-order valence-electron chi connectivity index (χ0n) is 16.1. The molecule has 1 aromatic heterocycles. The Hall–Kier alpha value is -2.65. The van der Waals surface area contributed by atoms with Crippen molar-refractivity contribution in [3.63, 3.8) is 0 Å². The van der Waals surface area contributed by atoms with Crippen LogP contribution in [0.5, 0.6) is 0 Å². The van der Waals surface area contributed by atoms with Gasteiger partial charge in [0.25, 0.3) is 0 Å². The van der Waals surface area contributed by atoms with Gasteiger partial charge < -0.3 is 10.3 Å². The van der Waals surface area contributed by atoms with Crippen molar-refractivity contribution in [1.29, 1.82) is 0 Å². The summed E-state index contributed by atoms with van der Waals surface area (Å²) in [7, 11) is 0. The molecule has 2 aliphatic rings. The van der Waals surface area contributed by atoms with Crippen molar-refractivity contribution in [1.82, 2.24) is 10.3 Å². The molecule has 2 aromatic carbocycles. The number of hydrogen-bond donors (Lipinski definition) is 2. The first kappa shape index (κ1) is 17.4. The van der Waals surface area contributed by atoms with Crippen molar-refractivity contribution in [3.8, 4) is 0 Å². The van der Waals surface area contributed by atoms with Crippen molar-refractivity contribution in [3.05, 3.63) is 77.5 Å². The molecule has 0 spiro atoms. The van der Waals surface area contributed by atoms with Gasteiger partial charge in [-0.1, -0.05) is 54.6 Å². The number of ketones is 1. The minimum absolute atomic E-state index is 0.0513. The number of rotatable bonds is 4. The van der Waals surface area contributed by atoms with E-state index in [4.69, 9.17) is 0 Å². The number of nitrogens with one attached hydrogen (secondary N) is 2. The highest BCUT2D eigenvalue weighted by atomic mass is 16.1. The van der Waals surface area contributed by atoms with Crippen molar-refractivity contribution in [2.45, 2.75) is 38.1 Å². The standard InChI is InChI=1S/C25H26N2O/c28-25(24-16-19(12-13-26-24)18-6-2-1-3-7-18)15-17-10-11-23-21(14-17)20-8-4-5-9-22(20)27-23/h1-9,12,17,24,26-27H,10-11,13-16H2. The van der Waals surface area contributed by atoms with Gasteiger partial charge in [0.1, 0.15) is 5.78 Å². The van der Waals surface area contributed by atoms with Crippen LogP contribution in [0.25, 0.3) is 16.5 Å². The van der Waals surface area contributed by atoms with Gasteiger partial charge in [-0.25, -0.2) is 0 Å². The van der Waals surface area contributed by atoms with E-state index in [0.29, 0.717) is 18.1 Å². The van der Waals surface area contributed by atoms with Crippen molar-refractivity contribution in [2.75, 3.05) is 6.54 Å². The zero-order valence-corrected chi connectivity index (χ0v) is 16.1. The number of H-pyrrole nitrogens is 1. The number of para-hydroxylation sites is 1. The fourth-order valence-electron chi connectivity index (χ4n) is 4.86. The first-order chi connectivity index (χ1) is 13.8. The topological polar surface area (TPSA) is 44.9 Å². The third kappa shape index (κ3) is 3.31. The van der Waals surface area contributed by atoms with Crippen LogP contribution in [0.3, 0.4) is 0 Å². The van der Waals surface area contributed by atoms with E-state index < -0.39 is 0 Å². The number of aryl methyl sites for hydroxylation is 1. The maximum Gasteiger partial charge on any atom is 0.150 e. The Kier molecular flexibility index (Phi) is 4.61. The molecule has 1 aliphatic heterocycles. The molecular weight excluding hydrogens is 344 g/mol. The molecule has 1 aliphatic carbocycles. The Labute approximate surface area is 165 Å². The second-order valence-electron chi connectivity index (χ2n) is 8.17. The highest BCUT2D eigenvalue weighted by Gasteiger charge is 2.28. The number of Topliss-reactive ketones (excluding diaryl/α,β-unsaturated/α-hetero) is 1. The van der Waals surface area contributed by atoms with Gasteiger partial charge in [-0.15, -0.1) is 0 Å². The Morgan fingerprint density at radius 1 is 1.00 bits per heavy atom. The van der Waals surface area contributed by atoms with E-state index >= 15 is 0 Å². The van der Waals surface area contributed by atoms with E-state index in [9.17, 15) is 4.79 Å². The molecule has 2 atom stereocenters. The summed E-state index contributed by atoms with van der Waals surface area (Å²) < 4.78 is 0. The minimum atomic E-state index is -0.0513. The largest absolute Gasteiger partial charge is 0.358 e. The third-order valence-electron chi connectivity index (χ3n) is 6.36. The van der Waals surface area contributed by atoms with Crippen LogP contribution in [-0.2, 0) is 17.6 Å². The molecule has 0 radical (unpaired) electrons. The highest BCUT2D eigenvalue weighted by Crippen LogP contribution is 2.34. The second-order valence-corrected chi connectivity index (χ2v) is 8.17. The molecule has 0 bridgehead atoms. The molecule has 2 heterocycles. The lowest BCUT2D eigenvalue weighted by molar-refractivity contribution is -0.122. The Bertz CT molecular complexity index is 1030. The van der Waals surface area contributed by atoms with Crippen LogP contribution in [-0.4, -0.2) is 23.4 Å². The van der Waals surface area contributed by atoms with Crippen LogP contribution in [0, 0.1) is 5.92 Å². The summed E-state index contributed by atoms with van der Waals surface area (Å²) in [6.45, 7) is 0.776. The molecule has 3 nitrogen and oxygen atoms in total. The summed E-state index contributed by atoms with van der Waals surface area (Å²) in [5.41, 5.74) is 6.56. The van der Waals surface area contributed by atoms with Crippen LogP contribution in [0.1, 0.15) is 36.1 Å². The van der Waals surface area contributed by atoms with Gasteiger partial charge in [0.05, 0.1) is 6.04 Å². The van der Waals surface area contributed by atoms with Gasteiger partial charge in [0, 0.05) is 29.6 Å². The highest BCUT2D eigenvalue weighted by molar-refractivity contribution is 5.88. The van der Waals surface area contributed by atoms with Gasteiger partial charge in [-0.2, -0.15) is 0 Å². The van der Waals surface area contributed by atoms with Crippen LogP contribution >= 0.6 is 0 Å². The average Bonchev–Trinajstić information content (AvgIpc) is 3.12. The molecule has 0 fully saturated rings. The average molecular weight is 370 g/mol. The molecule has 3 heteroatoms. The molecule has 2 unspecified atom stereocenters. The second kappa shape index (κ2) is 7.40. The number of carbonyl (C=O) groups excluding carboxylic acids is 1. The molecule has 0 saturated carbocycles. The van der Waals surface area contributed by atoms with Crippen LogP contribution in [0.4, 0.5) is 0 Å². The number of aromatic amines is 1. The monoisotopic (exact) mass is 370 g/mol. The SMILES string of the molecule is O=C(CC1CCc2[nH]c3ccccc3c2C1)C1CC(c2ccccc2)=CCN1. The molecule has 142 valence electrons. The molecule has 2 N–H and O–H groups in total. The summed E-state index contributed by atoms with van der Waals surface area (Å²) in [6, 6.07) is 18.9. The van der Waals surface area contributed by atoms with Gasteiger partial charge in [0.2, 0.25) is 0 Å². The fourth-order valence-corrected chi connectivity index (χ4v) is 4.86. The van der Waals surface area contributed by atoms with Gasteiger partial charge in [-0.05, 0) is 54.4 Å². The van der Waals surface area contributed by atoms with Crippen LogP contribution in [0.2, 0.25) is 0 Å². The number of fused-ring (bicyclic) bond motifs is 3. The smallest absolute Gasteiger partial charge is 0.150 e. The predicted octanol–water partition coefficient (Wildman–Crippen LogP) is 4.68. The fraction of sp³-hybridized carbons (Fsp3) is 0.320. The van der Waals surface area contributed by atoms with Gasteiger partial charge >= 0.3 is 0 Å². The number of hydrogen-bond acceptors (Lipinski definition) is 2. The van der Waals surface area contributed by atoms with E-state index in [1.807, 2.05) is 6.07 Å². The van der Waals surface area contributed by atoms with Crippen LogP contribution in [0.15, 0.2) is 60.7 Å². The molecule has 3 aromatic rings. The summed E-state index contributed by atoms with van der Waals surface area (Å²) in [5.74, 6) is 0.821. The maximum atomic E-state index is 13.1. The van der Waals surface area contributed by atoms with E-state index in [-0.39, 0.29) is 6.04 Å². The summed E-state index contributed by atoms with van der Waals surface area (Å²) in [6.07, 6.45) is 6.86. The van der Waals surface area contributed by atoms with Crippen LogP contribution < -0.4 is 5.32 Å². The summed E-state index contributed by atoms with van der Waals surface area (Å²) in [4.78, 5) is 16.6. The Morgan fingerprint density at radius 2 is 1.82 bits per heavy atom. The minimum Gasteiger partial charge on any atom is -0.358 e. The lowest BCUT2D eigenvalue weighted by Crippen LogP contribution is -2.40. The quantitative estimate of drug-likeness (QED) is 0.700. The summed E-state index contributed by atoms with van der Waals surface area (Å²) in [5, 5.41) is 4.75. The zero-order chi connectivity index (χ0) is 18.9. The first-order valence-corrected chi connectivity index (χ1v) is 10.4. The lowest BCUT2D eigenvalue weighted by Gasteiger charge is -2.27. The van der Waals surface area contributed by atoms with Crippen molar-refractivity contribution >= 4 is 22.3 Å². The maximum absolute atomic E-state index is 13.1. The van der Waals surface area contributed by atoms with Gasteiger partial charge in [-0.3, -0.25) is 4.79 Å². The molecule has 0 saturated heterocycles. The first-order valence-electron chi connectivity index (χ1n) is 10.4. The predicted molar refractivity (Wildman–Crippen MR) is 114 cm³/mol. The van der Waals surface area contributed by atoms with E-state index in [2.05, 4.69) is 64.9 Å². The molecule has 28 heavy (non-hydrogen) atoms. The number of carbonyl (C=O) groups is 1. The van der Waals surface area contributed by atoms with E-state index in [0.717, 1.165) is 32.2 Å². The van der Waals surface area contributed by atoms with Crippen molar-refractivity contribution in [2.24, 2.45) is 5.92 Å². The van der Waals surface area contributed by atoms with Crippen molar-refractivity contribution < 1.29 is 4.79 Å². The molecule has 0 amide bonds. The summed E-state index contributed by atoms with van der Waals surface area (Å²) >= 11 is 0. The molecule has 5 rings (SSSR count). The molecular formula is C25H26N2O. The Balaban J connectivity index is 1.27. The Morgan fingerprint density at radius 3 is 2.71 bits per heavy atom. The number of benzene rings is 2. The van der Waals surface area contributed by atoms with E-state index in [1.165, 1.54) is 33.3 Å². The normalized spacial score (nSPS) is 21.9. The van der Waals surface area contributed by atoms with Gasteiger partial charge in [0.15, 0.2) is 0 Å². The third-order valence-corrected chi connectivity index (χ3v) is 6.36. The van der Waals surface area contributed by atoms with E-state index in [1.54, 1.807) is 0 Å². The number of aromatic nitrogens is 1.